The predicted molar refractivity (Wildman–Crippen MR) is 100 cm³/mol. The predicted octanol–water partition coefficient (Wildman–Crippen LogP) is 4.04. The van der Waals surface area contributed by atoms with Gasteiger partial charge < -0.3 is 15.8 Å². The molecule has 1 atom stereocenters. The van der Waals surface area contributed by atoms with Crippen LogP contribution in [0.1, 0.15) is 17.0 Å². The highest BCUT2D eigenvalue weighted by molar-refractivity contribution is 5.62. The van der Waals surface area contributed by atoms with E-state index in [9.17, 15) is 5.26 Å². The number of pyridine rings is 1. The van der Waals surface area contributed by atoms with Gasteiger partial charge in [-0.25, -0.2) is 0 Å². The molecule has 26 heavy (non-hydrogen) atoms. The molecule has 1 aliphatic heterocycles. The molecule has 0 unspecified atom stereocenters. The molecule has 126 valence electrons. The van der Waals surface area contributed by atoms with Crippen LogP contribution in [0.5, 0.6) is 5.75 Å². The van der Waals surface area contributed by atoms with Crippen molar-refractivity contribution in [2.45, 2.75) is 5.92 Å². The second-order valence-electron chi connectivity index (χ2n) is 5.96. The number of aromatic nitrogens is 1. The number of fused-ring (bicyclic) bond motifs is 1. The molecule has 5 heteroatoms. The van der Waals surface area contributed by atoms with E-state index < -0.39 is 0 Å². The first kappa shape index (κ1) is 15.7. The molecule has 3 N–H and O–H groups in total. The number of nitrogen functional groups attached to an aromatic ring is 1. The first-order valence-corrected chi connectivity index (χ1v) is 8.20. The smallest absolute Gasteiger partial charge is 0.212 e. The molecule has 5 nitrogen and oxygen atoms in total. The maximum Gasteiger partial charge on any atom is 0.212 e. The molecule has 3 aromatic rings. The van der Waals surface area contributed by atoms with E-state index in [1.807, 2.05) is 54.6 Å². The maximum absolute atomic E-state index is 9.88. The summed E-state index contributed by atoms with van der Waals surface area (Å²) in [7, 11) is 0. The molecule has 2 heterocycles. The van der Waals surface area contributed by atoms with Crippen LogP contribution in [0.4, 0.5) is 11.4 Å². The molecule has 0 saturated heterocycles. The van der Waals surface area contributed by atoms with Gasteiger partial charge in [0.1, 0.15) is 17.4 Å². The summed E-state index contributed by atoms with van der Waals surface area (Å²) in [6.45, 7) is 0. The number of benzene rings is 2. The summed E-state index contributed by atoms with van der Waals surface area (Å²) >= 11 is 0. The molecule has 0 bridgehead atoms. The highest BCUT2D eigenvalue weighted by Crippen LogP contribution is 2.43. The van der Waals surface area contributed by atoms with Crippen molar-refractivity contribution in [2.75, 3.05) is 11.1 Å². The monoisotopic (exact) mass is 340 g/mol. The van der Waals surface area contributed by atoms with Gasteiger partial charge in [-0.1, -0.05) is 30.3 Å². The minimum Gasteiger partial charge on any atom is -0.440 e. The Balaban J connectivity index is 1.87. The number of hydrogen-bond donors (Lipinski definition) is 2. The van der Waals surface area contributed by atoms with Crippen LogP contribution < -0.4 is 15.8 Å². The number of anilines is 2. The van der Waals surface area contributed by atoms with Crippen LogP contribution in [0, 0.1) is 11.3 Å². The van der Waals surface area contributed by atoms with Crippen LogP contribution >= 0.6 is 0 Å². The van der Waals surface area contributed by atoms with Crippen molar-refractivity contribution in [1.29, 1.82) is 5.26 Å². The Hall–Kier alpha value is -3.78. The summed E-state index contributed by atoms with van der Waals surface area (Å²) in [4.78, 5) is 4.21. The minimum absolute atomic E-state index is 0.274. The van der Waals surface area contributed by atoms with E-state index in [1.165, 1.54) is 0 Å². The Morgan fingerprint density at radius 3 is 2.65 bits per heavy atom. The second-order valence-corrected chi connectivity index (χ2v) is 5.96. The lowest BCUT2D eigenvalue weighted by Crippen LogP contribution is -2.21. The average Bonchev–Trinajstić information content (AvgIpc) is 2.68. The van der Waals surface area contributed by atoms with Gasteiger partial charge in [0.05, 0.1) is 5.92 Å². The Labute approximate surface area is 151 Å². The highest BCUT2D eigenvalue weighted by atomic mass is 16.5. The van der Waals surface area contributed by atoms with E-state index in [0.717, 1.165) is 16.8 Å². The summed E-state index contributed by atoms with van der Waals surface area (Å²) in [6, 6.07) is 21.2. The Kier molecular flexibility index (Phi) is 4.00. The maximum atomic E-state index is 9.88. The third kappa shape index (κ3) is 2.85. The fourth-order valence-corrected chi connectivity index (χ4v) is 3.08. The molecule has 0 saturated carbocycles. The summed E-state index contributed by atoms with van der Waals surface area (Å²) < 4.78 is 6.02. The molecule has 0 aliphatic carbocycles. The van der Waals surface area contributed by atoms with Crippen molar-refractivity contribution in [1.82, 2.24) is 4.98 Å². The largest absolute Gasteiger partial charge is 0.440 e. The topological polar surface area (TPSA) is 84.0 Å². The molecule has 1 aromatic heterocycles. The van der Waals surface area contributed by atoms with Gasteiger partial charge in [0, 0.05) is 35.4 Å². The van der Waals surface area contributed by atoms with Crippen LogP contribution in [0.2, 0.25) is 0 Å². The fourth-order valence-electron chi connectivity index (χ4n) is 3.08. The van der Waals surface area contributed by atoms with Crippen molar-refractivity contribution in [3.05, 3.63) is 95.6 Å². The number of nitrogens with two attached hydrogens (primary N) is 1. The molecular formula is C21H16N4O. The lowest BCUT2D eigenvalue weighted by atomic mass is 9.84. The van der Waals surface area contributed by atoms with Crippen molar-refractivity contribution in [3.8, 4) is 11.8 Å². The van der Waals surface area contributed by atoms with Crippen LogP contribution in [-0.4, -0.2) is 4.98 Å². The molecule has 0 amide bonds. The van der Waals surface area contributed by atoms with Crippen molar-refractivity contribution in [2.24, 2.45) is 0 Å². The third-order valence-electron chi connectivity index (χ3n) is 4.26. The van der Waals surface area contributed by atoms with Gasteiger partial charge in [-0.2, -0.15) is 5.26 Å². The number of rotatable bonds is 3. The van der Waals surface area contributed by atoms with E-state index >= 15 is 0 Å². The fraction of sp³-hybridized carbons (Fsp3) is 0.0476. The number of allylic oxidation sites excluding steroid dienone is 1. The highest BCUT2D eigenvalue weighted by Gasteiger charge is 2.32. The summed E-state index contributed by atoms with van der Waals surface area (Å²) in [5.41, 5.74) is 9.69. The van der Waals surface area contributed by atoms with Crippen LogP contribution in [-0.2, 0) is 0 Å². The number of hydrogen-bond acceptors (Lipinski definition) is 5. The van der Waals surface area contributed by atoms with Gasteiger partial charge in [0.2, 0.25) is 5.88 Å². The SMILES string of the molecule is N#CC1=C(Nc2ccccc2)Oc2cc(N)ccc2[C@@H]1c1cccnc1. The molecule has 0 radical (unpaired) electrons. The molecule has 1 aliphatic rings. The molecular weight excluding hydrogens is 324 g/mol. The summed E-state index contributed by atoms with van der Waals surface area (Å²) in [5, 5.41) is 13.1. The first-order valence-electron chi connectivity index (χ1n) is 8.20. The first-order chi connectivity index (χ1) is 12.8. The molecule has 0 spiro atoms. The zero-order valence-electron chi connectivity index (χ0n) is 13.9. The zero-order chi connectivity index (χ0) is 17.9. The van der Waals surface area contributed by atoms with Crippen LogP contribution in [0.3, 0.4) is 0 Å². The van der Waals surface area contributed by atoms with E-state index in [-0.39, 0.29) is 5.92 Å². The van der Waals surface area contributed by atoms with Gasteiger partial charge in [-0.15, -0.1) is 0 Å². The Morgan fingerprint density at radius 1 is 1.08 bits per heavy atom. The van der Waals surface area contributed by atoms with Gasteiger partial charge in [0.25, 0.3) is 0 Å². The van der Waals surface area contributed by atoms with E-state index in [1.54, 1.807) is 18.5 Å². The van der Waals surface area contributed by atoms with Gasteiger partial charge in [-0.05, 0) is 29.8 Å². The van der Waals surface area contributed by atoms with Crippen molar-refractivity contribution >= 4 is 11.4 Å². The van der Waals surface area contributed by atoms with Gasteiger partial charge in [0.15, 0.2) is 0 Å². The quantitative estimate of drug-likeness (QED) is 0.703. The number of para-hydroxylation sites is 1. The minimum atomic E-state index is -0.274. The van der Waals surface area contributed by atoms with Crippen LogP contribution in [0.25, 0.3) is 0 Å². The van der Waals surface area contributed by atoms with Gasteiger partial charge in [-0.3, -0.25) is 4.98 Å². The third-order valence-corrected chi connectivity index (χ3v) is 4.26. The number of ether oxygens (including phenoxy) is 1. The standard InChI is InChI=1S/C21H16N4O/c22-12-18-20(14-5-4-10-24-13-14)17-9-8-15(23)11-19(17)26-21(18)25-16-6-2-1-3-7-16/h1-11,13,20,25H,23H2/t20-/m0/s1. The molecule has 0 fully saturated rings. The number of nitriles is 1. The van der Waals surface area contributed by atoms with E-state index in [2.05, 4.69) is 16.4 Å². The second kappa shape index (κ2) is 6.61. The Morgan fingerprint density at radius 2 is 1.92 bits per heavy atom. The zero-order valence-corrected chi connectivity index (χ0v) is 13.9. The van der Waals surface area contributed by atoms with Crippen molar-refractivity contribution < 1.29 is 4.74 Å². The summed E-state index contributed by atoms with van der Waals surface area (Å²) in [6.07, 6.45) is 3.49. The lowest BCUT2D eigenvalue weighted by molar-refractivity contribution is 0.406. The summed E-state index contributed by atoms with van der Waals surface area (Å²) in [5.74, 6) is 0.770. The molecule has 2 aromatic carbocycles. The lowest BCUT2D eigenvalue weighted by Gasteiger charge is -2.28. The number of nitrogens with one attached hydrogen (secondary N) is 1. The average molecular weight is 340 g/mol. The number of nitrogens with zero attached hydrogens (tertiary/aromatic N) is 2. The molecule has 4 rings (SSSR count). The Bertz CT molecular complexity index is 1010. The van der Waals surface area contributed by atoms with E-state index in [0.29, 0.717) is 22.9 Å². The van der Waals surface area contributed by atoms with Crippen molar-refractivity contribution in [3.63, 3.8) is 0 Å². The van der Waals surface area contributed by atoms with Crippen LogP contribution in [0.15, 0.2) is 84.5 Å². The van der Waals surface area contributed by atoms with E-state index in [4.69, 9.17) is 10.5 Å². The van der Waals surface area contributed by atoms with Gasteiger partial charge >= 0.3 is 0 Å². The normalized spacial score (nSPS) is 15.6.